The molecule has 0 bridgehead atoms. The van der Waals surface area contributed by atoms with Crippen LogP contribution in [0.2, 0.25) is 0 Å². The number of benzene rings is 1. The average Bonchev–Trinajstić information content (AvgIpc) is 2.99. The Balaban J connectivity index is 2.25. The molecule has 0 aliphatic carbocycles. The molecule has 0 unspecified atom stereocenters. The Labute approximate surface area is 129 Å². The first-order chi connectivity index (χ1) is 10.9. The zero-order valence-electron chi connectivity index (χ0n) is 11.8. The Hall–Kier alpha value is -3.43. The predicted octanol–water partition coefficient (Wildman–Crippen LogP) is 2.75. The summed E-state index contributed by atoms with van der Waals surface area (Å²) < 4.78 is 9.90. The summed E-state index contributed by atoms with van der Waals surface area (Å²) in [6.45, 7) is 2.06. The lowest BCUT2D eigenvalue weighted by Crippen LogP contribution is -2.12. The van der Waals surface area contributed by atoms with Crippen LogP contribution in [0, 0.1) is 20.2 Å². The molecule has 0 fully saturated rings. The minimum atomic E-state index is -0.842. The number of rotatable bonds is 6. The molecule has 0 radical (unpaired) electrons. The van der Waals surface area contributed by atoms with Gasteiger partial charge in [-0.15, -0.1) is 0 Å². The number of furan rings is 1. The van der Waals surface area contributed by atoms with Crippen LogP contribution in [0.4, 0.5) is 17.3 Å². The molecule has 1 amide bonds. The lowest BCUT2D eigenvalue weighted by Gasteiger charge is -2.07. The molecule has 10 nitrogen and oxygen atoms in total. The molecule has 2 rings (SSSR count). The van der Waals surface area contributed by atoms with Crippen molar-refractivity contribution in [3.8, 4) is 5.75 Å². The largest absolute Gasteiger partial charge is 0.494 e. The van der Waals surface area contributed by atoms with E-state index in [9.17, 15) is 25.0 Å². The Morgan fingerprint density at radius 1 is 1.22 bits per heavy atom. The maximum atomic E-state index is 12.0. The molecule has 1 heterocycles. The third-order valence-corrected chi connectivity index (χ3v) is 2.72. The van der Waals surface area contributed by atoms with Crippen LogP contribution in [0.3, 0.4) is 0 Å². The molecule has 1 aromatic heterocycles. The minimum absolute atomic E-state index is 0.0810. The van der Waals surface area contributed by atoms with Crippen LogP contribution >= 0.6 is 0 Å². The van der Waals surface area contributed by atoms with Gasteiger partial charge in [0.25, 0.3) is 11.6 Å². The fraction of sp³-hybridized carbons (Fsp3) is 0.154. The van der Waals surface area contributed by atoms with E-state index in [2.05, 4.69) is 5.32 Å². The first-order valence-corrected chi connectivity index (χ1v) is 6.39. The fourth-order valence-corrected chi connectivity index (χ4v) is 1.76. The summed E-state index contributed by atoms with van der Waals surface area (Å²) in [4.78, 5) is 32.1. The first kappa shape index (κ1) is 15.9. The van der Waals surface area contributed by atoms with Crippen molar-refractivity contribution in [1.82, 2.24) is 0 Å². The molecule has 120 valence electrons. The molecule has 2 aromatic rings. The van der Waals surface area contributed by atoms with Crippen LogP contribution < -0.4 is 10.1 Å². The minimum Gasteiger partial charge on any atom is -0.494 e. The van der Waals surface area contributed by atoms with Gasteiger partial charge < -0.3 is 14.5 Å². The lowest BCUT2D eigenvalue weighted by atomic mass is 10.2. The molecule has 0 saturated heterocycles. The predicted molar refractivity (Wildman–Crippen MR) is 77.6 cm³/mol. The number of nitrogens with zero attached hydrogens (tertiary/aromatic N) is 2. The first-order valence-electron chi connectivity index (χ1n) is 6.39. The number of nitrogens with one attached hydrogen (secondary N) is 1. The molecule has 0 aliphatic heterocycles. The second kappa shape index (κ2) is 6.56. The van der Waals surface area contributed by atoms with Crippen LogP contribution in [0.25, 0.3) is 0 Å². The van der Waals surface area contributed by atoms with Crippen molar-refractivity contribution >= 4 is 23.2 Å². The topological polar surface area (TPSA) is 138 Å². The summed E-state index contributed by atoms with van der Waals surface area (Å²) in [5, 5.41) is 23.9. The van der Waals surface area contributed by atoms with E-state index in [1.165, 1.54) is 18.2 Å². The quantitative estimate of drug-likeness (QED) is 0.637. The van der Waals surface area contributed by atoms with Gasteiger partial charge in [0.2, 0.25) is 0 Å². The Kier molecular flexibility index (Phi) is 4.55. The number of carbonyl (C=O) groups excluding carboxylic acids is 1. The van der Waals surface area contributed by atoms with Crippen molar-refractivity contribution in [3.63, 3.8) is 0 Å². The van der Waals surface area contributed by atoms with Crippen molar-refractivity contribution in [2.45, 2.75) is 6.92 Å². The van der Waals surface area contributed by atoms with E-state index in [0.29, 0.717) is 6.61 Å². The normalized spacial score (nSPS) is 10.1. The summed E-state index contributed by atoms with van der Waals surface area (Å²) in [5.41, 5.74) is -0.451. The van der Waals surface area contributed by atoms with E-state index in [-0.39, 0.29) is 22.9 Å². The summed E-state index contributed by atoms with van der Waals surface area (Å²) in [6.07, 6.45) is 0. The number of anilines is 1. The molecule has 0 aliphatic rings. The van der Waals surface area contributed by atoms with Crippen LogP contribution in [0.5, 0.6) is 5.75 Å². The van der Waals surface area contributed by atoms with Gasteiger partial charge in [0.15, 0.2) is 5.76 Å². The maximum Gasteiger partial charge on any atom is 0.433 e. The molecule has 0 saturated carbocycles. The van der Waals surface area contributed by atoms with Crippen LogP contribution in [-0.4, -0.2) is 22.4 Å². The van der Waals surface area contributed by atoms with E-state index in [1.807, 2.05) is 0 Å². The zero-order chi connectivity index (χ0) is 17.0. The number of amides is 1. The van der Waals surface area contributed by atoms with E-state index < -0.39 is 21.6 Å². The molecular weight excluding hydrogens is 310 g/mol. The van der Waals surface area contributed by atoms with Gasteiger partial charge in [-0.25, -0.2) is 0 Å². The van der Waals surface area contributed by atoms with Crippen molar-refractivity contribution in [1.29, 1.82) is 0 Å². The number of ether oxygens (including phenoxy) is 1. The van der Waals surface area contributed by atoms with Gasteiger partial charge in [-0.2, -0.15) is 0 Å². The van der Waals surface area contributed by atoms with Crippen molar-refractivity contribution in [2.75, 3.05) is 11.9 Å². The summed E-state index contributed by atoms with van der Waals surface area (Å²) >= 11 is 0. The van der Waals surface area contributed by atoms with E-state index in [4.69, 9.17) is 9.15 Å². The Morgan fingerprint density at radius 2 is 1.96 bits per heavy atom. The molecular formula is C13H11N3O7. The van der Waals surface area contributed by atoms with Crippen molar-refractivity contribution < 1.29 is 23.8 Å². The summed E-state index contributed by atoms with van der Waals surface area (Å²) in [7, 11) is 0. The number of nitro groups is 2. The number of hydrogen-bond acceptors (Lipinski definition) is 7. The van der Waals surface area contributed by atoms with Gasteiger partial charge in [0.05, 0.1) is 23.7 Å². The number of carbonyl (C=O) groups is 1. The van der Waals surface area contributed by atoms with Gasteiger partial charge in [0.1, 0.15) is 16.4 Å². The highest BCUT2D eigenvalue weighted by atomic mass is 16.6. The van der Waals surface area contributed by atoms with Gasteiger partial charge in [-0.1, -0.05) is 0 Å². The molecule has 10 heteroatoms. The highest BCUT2D eigenvalue weighted by Gasteiger charge is 2.21. The third-order valence-electron chi connectivity index (χ3n) is 2.72. The van der Waals surface area contributed by atoms with Gasteiger partial charge >= 0.3 is 5.88 Å². The third kappa shape index (κ3) is 3.61. The molecule has 1 aromatic carbocycles. The number of nitro benzene ring substituents is 1. The maximum absolute atomic E-state index is 12.0. The smallest absolute Gasteiger partial charge is 0.433 e. The highest BCUT2D eigenvalue weighted by molar-refractivity contribution is 6.03. The Bertz CT molecular complexity index is 769. The van der Waals surface area contributed by atoms with Crippen molar-refractivity contribution in [2.24, 2.45) is 0 Å². The van der Waals surface area contributed by atoms with Gasteiger partial charge in [0, 0.05) is 0 Å². The van der Waals surface area contributed by atoms with E-state index in [1.54, 1.807) is 6.92 Å². The molecule has 0 spiro atoms. The van der Waals surface area contributed by atoms with Gasteiger partial charge in [-0.3, -0.25) is 25.0 Å². The number of hydrogen-bond donors (Lipinski definition) is 1. The van der Waals surface area contributed by atoms with Crippen LogP contribution in [0.15, 0.2) is 34.7 Å². The lowest BCUT2D eigenvalue weighted by molar-refractivity contribution is -0.402. The average molecular weight is 321 g/mol. The summed E-state index contributed by atoms with van der Waals surface area (Å²) in [5.74, 6) is -1.49. The van der Waals surface area contributed by atoms with E-state index >= 15 is 0 Å². The van der Waals surface area contributed by atoms with Crippen LogP contribution in [0.1, 0.15) is 17.5 Å². The van der Waals surface area contributed by atoms with Crippen LogP contribution in [-0.2, 0) is 0 Å². The zero-order valence-corrected chi connectivity index (χ0v) is 11.8. The summed E-state index contributed by atoms with van der Waals surface area (Å²) in [6, 6.07) is 6.05. The van der Waals surface area contributed by atoms with Gasteiger partial charge in [-0.05, 0) is 25.1 Å². The monoisotopic (exact) mass is 321 g/mol. The highest BCUT2D eigenvalue weighted by Crippen LogP contribution is 2.29. The second-order valence-electron chi connectivity index (χ2n) is 4.22. The SMILES string of the molecule is CCOc1ccc(NC(=O)c2ccc([N+](=O)[O-])o2)c([N+](=O)[O-])c1. The van der Waals surface area contributed by atoms with E-state index in [0.717, 1.165) is 12.1 Å². The van der Waals surface area contributed by atoms with Crippen molar-refractivity contribution in [3.05, 3.63) is 56.3 Å². The fourth-order valence-electron chi connectivity index (χ4n) is 1.76. The Morgan fingerprint density at radius 3 is 2.52 bits per heavy atom. The molecule has 23 heavy (non-hydrogen) atoms. The standard InChI is InChI=1S/C13H11N3O7/c1-2-22-8-3-4-9(10(7-8)15(18)19)14-13(17)11-5-6-12(23-11)16(20)21/h3-7H,2H2,1H3,(H,14,17). The molecule has 1 N–H and O–H groups in total. The second-order valence-corrected chi connectivity index (χ2v) is 4.22. The molecule has 0 atom stereocenters.